The van der Waals surface area contributed by atoms with Gasteiger partial charge >= 0.3 is 0 Å². The van der Waals surface area contributed by atoms with E-state index in [0.29, 0.717) is 29.2 Å². The highest BCUT2D eigenvalue weighted by molar-refractivity contribution is 6.32. The van der Waals surface area contributed by atoms with Crippen molar-refractivity contribution in [2.75, 3.05) is 26.2 Å². The molecule has 0 saturated carbocycles. The number of aliphatic hydroxyl groups excluding tert-OH is 1. The Morgan fingerprint density at radius 2 is 2.29 bits per heavy atom. The Balaban J connectivity index is 2.19. The molecule has 21 heavy (non-hydrogen) atoms. The first-order chi connectivity index (χ1) is 10.1. The summed E-state index contributed by atoms with van der Waals surface area (Å²) >= 11 is 6.07. The van der Waals surface area contributed by atoms with Gasteiger partial charge in [0.1, 0.15) is 6.61 Å². The molecule has 0 atom stereocenters. The average Bonchev–Trinajstić information content (AvgIpc) is 2.70. The maximum Gasteiger partial charge on any atom is 0.254 e. The van der Waals surface area contributed by atoms with Crippen molar-refractivity contribution < 1.29 is 14.7 Å². The van der Waals surface area contributed by atoms with Crippen LogP contribution in [0.1, 0.15) is 22.3 Å². The summed E-state index contributed by atoms with van der Waals surface area (Å²) in [5, 5.41) is 11.7. The molecule has 110 valence electrons. The Morgan fingerprint density at radius 1 is 1.48 bits per heavy atom. The first-order valence-electron chi connectivity index (χ1n) is 6.57. The van der Waals surface area contributed by atoms with Crippen molar-refractivity contribution in [3.8, 4) is 11.8 Å². The summed E-state index contributed by atoms with van der Waals surface area (Å²) in [6, 6.07) is 4.79. The molecule has 1 aromatic carbocycles. The topological polar surface area (TPSA) is 69.6 Å². The van der Waals surface area contributed by atoms with Gasteiger partial charge in [0.15, 0.2) is 0 Å². The summed E-state index contributed by atoms with van der Waals surface area (Å²) in [6.07, 6.45) is 0.727. The quantitative estimate of drug-likeness (QED) is 0.748. The number of amides is 2. The van der Waals surface area contributed by atoms with E-state index >= 15 is 0 Å². The van der Waals surface area contributed by atoms with Crippen molar-refractivity contribution in [2.45, 2.75) is 6.42 Å². The maximum atomic E-state index is 12.4. The number of rotatable bonds is 1. The van der Waals surface area contributed by atoms with E-state index in [9.17, 15) is 9.59 Å². The van der Waals surface area contributed by atoms with Gasteiger partial charge in [-0.3, -0.25) is 9.59 Å². The fourth-order valence-corrected chi connectivity index (χ4v) is 2.27. The van der Waals surface area contributed by atoms with Crippen LogP contribution in [0, 0.1) is 11.8 Å². The van der Waals surface area contributed by atoms with Crippen LogP contribution < -0.4 is 5.32 Å². The molecular weight excluding hydrogens is 292 g/mol. The average molecular weight is 307 g/mol. The van der Waals surface area contributed by atoms with Crippen molar-refractivity contribution in [3.63, 3.8) is 0 Å². The van der Waals surface area contributed by atoms with Crippen LogP contribution in [0.4, 0.5) is 0 Å². The molecule has 0 aromatic heterocycles. The summed E-state index contributed by atoms with van der Waals surface area (Å²) < 4.78 is 0. The number of carbonyl (C=O) groups excluding carboxylic acids is 2. The van der Waals surface area contributed by atoms with E-state index in [4.69, 9.17) is 16.7 Å². The van der Waals surface area contributed by atoms with E-state index in [1.807, 2.05) is 0 Å². The zero-order valence-electron chi connectivity index (χ0n) is 11.4. The number of hydrogen-bond acceptors (Lipinski definition) is 3. The van der Waals surface area contributed by atoms with Crippen molar-refractivity contribution in [3.05, 3.63) is 34.3 Å². The number of benzene rings is 1. The molecule has 1 heterocycles. The highest BCUT2D eigenvalue weighted by Gasteiger charge is 2.21. The molecular formula is C15H15ClN2O3. The second kappa shape index (κ2) is 7.11. The molecule has 1 aromatic rings. The van der Waals surface area contributed by atoms with Crippen LogP contribution in [0.2, 0.25) is 5.02 Å². The minimum atomic E-state index is -0.250. The molecule has 0 unspecified atom stereocenters. The van der Waals surface area contributed by atoms with Crippen LogP contribution in [0.5, 0.6) is 0 Å². The monoisotopic (exact) mass is 306 g/mol. The number of nitrogens with one attached hydrogen (secondary N) is 1. The number of halogens is 1. The van der Waals surface area contributed by atoms with Crippen LogP contribution in [-0.2, 0) is 4.79 Å². The molecule has 2 N–H and O–H groups in total. The molecule has 1 fully saturated rings. The summed E-state index contributed by atoms with van der Waals surface area (Å²) in [6.45, 7) is 0.919. The van der Waals surface area contributed by atoms with Crippen LogP contribution in [0.15, 0.2) is 18.2 Å². The van der Waals surface area contributed by atoms with Crippen molar-refractivity contribution >= 4 is 23.4 Å². The van der Waals surface area contributed by atoms with Crippen LogP contribution in [0.3, 0.4) is 0 Å². The van der Waals surface area contributed by atoms with E-state index < -0.39 is 0 Å². The van der Waals surface area contributed by atoms with Gasteiger partial charge in [-0.15, -0.1) is 0 Å². The van der Waals surface area contributed by atoms with Gasteiger partial charge in [-0.05, 0) is 24.6 Å². The Morgan fingerprint density at radius 3 is 3.00 bits per heavy atom. The van der Waals surface area contributed by atoms with E-state index in [-0.39, 0.29) is 25.0 Å². The van der Waals surface area contributed by atoms with E-state index in [2.05, 4.69) is 17.2 Å². The third-order valence-corrected chi connectivity index (χ3v) is 3.38. The highest BCUT2D eigenvalue weighted by atomic mass is 35.5. The minimum absolute atomic E-state index is 0.0581. The predicted octanol–water partition coefficient (Wildman–Crippen LogP) is 0.646. The third kappa shape index (κ3) is 3.97. The SMILES string of the molecule is O=C1CN(C(=O)c2ccc(C#CCO)c(Cl)c2)CCCN1. The van der Waals surface area contributed by atoms with Crippen LogP contribution >= 0.6 is 11.6 Å². The second-order valence-electron chi connectivity index (χ2n) is 4.58. The fraction of sp³-hybridized carbons (Fsp3) is 0.333. The molecule has 0 aliphatic carbocycles. The van der Waals surface area contributed by atoms with Crippen molar-refractivity contribution in [2.24, 2.45) is 0 Å². The molecule has 2 amide bonds. The first kappa shape index (κ1) is 15.4. The van der Waals surface area contributed by atoms with Gasteiger partial charge in [0.2, 0.25) is 5.91 Å². The largest absolute Gasteiger partial charge is 0.384 e. The summed E-state index contributed by atoms with van der Waals surface area (Å²) in [4.78, 5) is 25.4. The molecule has 0 radical (unpaired) electrons. The lowest BCUT2D eigenvalue weighted by atomic mass is 10.1. The van der Waals surface area contributed by atoms with E-state index in [0.717, 1.165) is 6.42 Å². The Kier molecular flexibility index (Phi) is 5.20. The zero-order chi connectivity index (χ0) is 15.2. The summed E-state index contributed by atoms with van der Waals surface area (Å²) in [5.74, 6) is 4.83. The number of carbonyl (C=O) groups is 2. The summed E-state index contributed by atoms with van der Waals surface area (Å²) in [7, 11) is 0. The van der Waals surface area contributed by atoms with E-state index in [1.54, 1.807) is 12.1 Å². The van der Waals surface area contributed by atoms with Gasteiger partial charge in [0.05, 0.1) is 11.6 Å². The lowest BCUT2D eigenvalue weighted by Crippen LogP contribution is -2.37. The summed E-state index contributed by atoms with van der Waals surface area (Å²) in [5.41, 5.74) is 0.972. The molecule has 0 bridgehead atoms. The Hall–Kier alpha value is -2.03. The van der Waals surface area contributed by atoms with Gasteiger partial charge < -0.3 is 15.3 Å². The number of nitrogens with zero attached hydrogens (tertiary/aromatic N) is 1. The minimum Gasteiger partial charge on any atom is -0.384 e. The Bertz CT molecular complexity index is 619. The van der Waals surface area contributed by atoms with Gasteiger partial charge in [0, 0.05) is 24.2 Å². The fourth-order valence-electron chi connectivity index (χ4n) is 2.05. The lowest BCUT2D eigenvalue weighted by Gasteiger charge is -2.19. The molecule has 1 aliphatic rings. The number of aliphatic hydroxyl groups is 1. The third-order valence-electron chi connectivity index (χ3n) is 3.07. The van der Waals surface area contributed by atoms with Crippen molar-refractivity contribution in [1.82, 2.24) is 10.2 Å². The first-order valence-corrected chi connectivity index (χ1v) is 6.95. The number of hydrogen-bond donors (Lipinski definition) is 2. The normalized spacial score (nSPS) is 14.8. The van der Waals surface area contributed by atoms with Gasteiger partial charge in [-0.2, -0.15) is 0 Å². The molecule has 5 nitrogen and oxygen atoms in total. The molecule has 1 aliphatic heterocycles. The second-order valence-corrected chi connectivity index (χ2v) is 4.99. The zero-order valence-corrected chi connectivity index (χ0v) is 12.1. The highest BCUT2D eigenvalue weighted by Crippen LogP contribution is 2.18. The van der Waals surface area contributed by atoms with Crippen LogP contribution in [0.25, 0.3) is 0 Å². The molecule has 0 spiro atoms. The van der Waals surface area contributed by atoms with Gasteiger partial charge in [0.25, 0.3) is 5.91 Å². The smallest absolute Gasteiger partial charge is 0.254 e. The van der Waals surface area contributed by atoms with Crippen molar-refractivity contribution in [1.29, 1.82) is 0 Å². The van der Waals surface area contributed by atoms with Gasteiger partial charge in [-0.25, -0.2) is 0 Å². The maximum absolute atomic E-state index is 12.4. The van der Waals surface area contributed by atoms with Crippen LogP contribution in [-0.4, -0.2) is 48.1 Å². The predicted molar refractivity (Wildman–Crippen MR) is 78.9 cm³/mol. The lowest BCUT2D eigenvalue weighted by molar-refractivity contribution is -0.121. The molecule has 2 rings (SSSR count). The molecule has 6 heteroatoms. The Labute approximate surface area is 127 Å². The molecule has 1 saturated heterocycles. The van der Waals surface area contributed by atoms with Gasteiger partial charge in [-0.1, -0.05) is 23.4 Å². The van der Waals surface area contributed by atoms with E-state index in [1.165, 1.54) is 11.0 Å². The standard InChI is InChI=1S/C15H15ClN2O3/c16-13-9-12(5-4-11(13)3-1-8-19)15(21)18-7-2-6-17-14(20)10-18/h4-5,9,19H,2,6-8,10H2,(H,17,20).